The summed E-state index contributed by atoms with van der Waals surface area (Å²) >= 11 is 1.23. The number of hydrogen-bond donors (Lipinski definition) is 0. The van der Waals surface area contributed by atoms with Crippen LogP contribution in [0.1, 0.15) is 22.8 Å². The molecule has 0 unspecified atom stereocenters. The molecule has 5 heteroatoms. The molecule has 0 atom stereocenters. The van der Waals surface area contributed by atoms with E-state index in [1.807, 2.05) is 6.07 Å². The van der Waals surface area contributed by atoms with Gasteiger partial charge in [0.25, 0.3) is 0 Å². The van der Waals surface area contributed by atoms with E-state index in [0.29, 0.717) is 17.7 Å². The molecule has 0 fully saturated rings. The van der Waals surface area contributed by atoms with Crippen molar-refractivity contribution in [1.82, 2.24) is 0 Å². The number of ketones is 1. The average molecular weight is 263 g/mol. The fourth-order valence-corrected chi connectivity index (χ4v) is 1.95. The molecule has 0 aromatic heterocycles. The lowest BCUT2D eigenvalue weighted by Gasteiger charge is -2.02. The summed E-state index contributed by atoms with van der Waals surface area (Å²) in [6.45, 7) is 2.09. The predicted octanol–water partition coefficient (Wildman–Crippen LogP) is 2.04. The van der Waals surface area contributed by atoms with Gasteiger partial charge in [-0.3, -0.25) is 9.59 Å². The first kappa shape index (κ1) is 14.3. The Kier molecular flexibility index (Phi) is 5.95. The molecule has 4 nitrogen and oxygen atoms in total. The fourth-order valence-electron chi connectivity index (χ4n) is 1.24. The number of ether oxygens (including phenoxy) is 1. The Bertz CT molecular complexity index is 462. The van der Waals surface area contributed by atoms with E-state index in [0.717, 1.165) is 0 Å². The summed E-state index contributed by atoms with van der Waals surface area (Å²) in [5, 5.41) is 8.63. The van der Waals surface area contributed by atoms with Crippen LogP contribution in [0.3, 0.4) is 0 Å². The molecule has 94 valence electrons. The minimum Gasteiger partial charge on any atom is -0.465 e. The Hall–Kier alpha value is -1.80. The van der Waals surface area contributed by atoms with E-state index < -0.39 is 0 Å². The Morgan fingerprint density at radius 3 is 2.50 bits per heavy atom. The number of rotatable bonds is 6. The van der Waals surface area contributed by atoms with Gasteiger partial charge >= 0.3 is 5.97 Å². The third-order valence-corrected chi connectivity index (χ3v) is 3.00. The molecular weight excluding hydrogens is 250 g/mol. The van der Waals surface area contributed by atoms with Crippen molar-refractivity contribution in [2.45, 2.75) is 6.92 Å². The lowest BCUT2D eigenvalue weighted by molar-refractivity contribution is -0.139. The minimum absolute atomic E-state index is 0.0613. The van der Waals surface area contributed by atoms with E-state index in [-0.39, 0.29) is 23.3 Å². The van der Waals surface area contributed by atoms with Crippen LogP contribution in [0, 0.1) is 11.3 Å². The molecule has 0 N–H and O–H groups in total. The number of nitriles is 1. The smallest absolute Gasteiger partial charge is 0.315 e. The first-order valence-corrected chi connectivity index (χ1v) is 6.59. The summed E-state index contributed by atoms with van der Waals surface area (Å²) in [5.41, 5.74) is 1.07. The van der Waals surface area contributed by atoms with Gasteiger partial charge in [-0.1, -0.05) is 12.1 Å². The fraction of sp³-hybridized carbons (Fsp3) is 0.308. The summed E-state index contributed by atoms with van der Waals surface area (Å²) in [7, 11) is 0. The number of thioether (sulfide) groups is 1. The zero-order valence-corrected chi connectivity index (χ0v) is 10.8. The second-order valence-corrected chi connectivity index (χ2v) is 4.40. The van der Waals surface area contributed by atoms with Crippen LogP contribution in [-0.4, -0.2) is 29.9 Å². The first-order chi connectivity index (χ1) is 8.67. The zero-order chi connectivity index (χ0) is 13.4. The van der Waals surface area contributed by atoms with Crippen molar-refractivity contribution >= 4 is 23.5 Å². The number of hydrogen-bond acceptors (Lipinski definition) is 5. The van der Waals surface area contributed by atoms with Crippen molar-refractivity contribution in [1.29, 1.82) is 5.26 Å². The molecular formula is C13H13NO3S. The highest BCUT2D eigenvalue weighted by molar-refractivity contribution is 8.00. The number of carbonyl (C=O) groups excluding carboxylic acids is 2. The molecule has 0 radical (unpaired) electrons. The van der Waals surface area contributed by atoms with Gasteiger partial charge in [0.1, 0.15) is 0 Å². The maximum Gasteiger partial charge on any atom is 0.315 e. The third kappa shape index (κ3) is 4.60. The minimum atomic E-state index is -0.310. The summed E-state index contributed by atoms with van der Waals surface area (Å²) < 4.78 is 4.75. The molecule has 1 aromatic rings. The second-order valence-electron chi connectivity index (χ2n) is 3.41. The number of esters is 1. The van der Waals surface area contributed by atoms with Gasteiger partial charge in [-0.15, -0.1) is 11.8 Å². The summed E-state index contributed by atoms with van der Waals surface area (Å²) in [4.78, 5) is 22.8. The van der Waals surface area contributed by atoms with Gasteiger partial charge in [-0.25, -0.2) is 0 Å². The van der Waals surface area contributed by atoms with Crippen molar-refractivity contribution < 1.29 is 14.3 Å². The summed E-state index contributed by atoms with van der Waals surface area (Å²) in [5.74, 6) is 0.0320. The molecule has 0 amide bonds. The van der Waals surface area contributed by atoms with Crippen LogP contribution in [0.4, 0.5) is 0 Å². The molecule has 18 heavy (non-hydrogen) atoms. The van der Waals surface area contributed by atoms with E-state index in [9.17, 15) is 9.59 Å². The molecule has 0 heterocycles. The SMILES string of the molecule is CCOC(=O)CSCC(=O)c1ccc(C#N)cc1. The molecule has 0 saturated carbocycles. The Balaban J connectivity index is 2.41. The van der Waals surface area contributed by atoms with Crippen LogP contribution in [0.25, 0.3) is 0 Å². The normalized spacial score (nSPS) is 9.56. The Morgan fingerprint density at radius 1 is 1.28 bits per heavy atom. The van der Waals surface area contributed by atoms with Gasteiger partial charge in [-0.2, -0.15) is 5.26 Å². The lowest BCUT2D eigenvalue weighted by atomic mass is 10.1. The molecule has 0 aliphatic carbocycles. The highest BCUT2D eigenvalue weighted by atomic mass is 32.2. The second kappa shape index (κ2) is 7.51. The highest BCUT2D eigenvalue weighted by Crippen LogP contribution is 2.09. The maximum absolute atomic E-state index is 11.7. The lowest BCUT2D eigenvalue weighted by Crippen LogP contribution is -2.10. The molecule has 1 aromatic carbocycles. The zero-order valence-electron chi connectivity index (χ0n) is 10.0. The molecule has 0 aliphatic heterocycles. The number of nitrogens with zero attached hydrogens (tertiary/aromatic N) is 1. The molecule has 0 spiro atoms. The van der Waals surface area contributed by atoms with E-state index in [4.69, 9.17) is 10.00 Å². The van der Waals surface area contributed by atoms with Crippen molar-refractivity contribution in [3.05, 3.63) is 35.4 Å². The average Bonchev–Trinajstić information content (AvgIpc) is 2.39. The monoisotopic (exact) mass is 263 g/mol. The first-order valence-electron chi connectivity index (χ1n) is 5.44. The number of carbonyl (C=O) groups is 2. The van der Waals surface area contributed by atoms with Gasteiger partial charge in [0.05, 0.1) is 29.7 Å². The summed E-state index contributed by atoms with van der Waals surface area (Å²) in [6.07, 6.45) is 0. The third-order valence-electron chi connectivity index (χ3n) is 2.09. The van der Waals surface area contributed by atoms with Crippen molar-refractivity contribution in [3.63, 3.8) is 0 Å². The van der Waals surface area contributed by atoms with E-state index in [1.165, 1.54) is 11.8 Å². The Morgan fingerprint density at radius 2 is 1.94 bits per heavy atom. The van der Waals surface area contributed by atoms with Gasteiger partial charge in [0.15, 0.2) is 5.78 Å². The van der Waals surface area contributed by atoms with Gasteiger partial charge in [0, 0.05) is 5.56 Å². The van der Waals surface area contributed by atoms with Crippen molar-refractivity contribution in [3.8, 4) is 6.07 Å². The van der Waals surface area contributed by atoms with Gasteiger partial charge in [0.2, 0.25) is 0 Å². The van der Waals surface area contributed by atoms with Crippen molar-refractivity contribution in [2.75, 3.05) is 18.1 Å². The topological polar surface area (TPSA) is 67.2 Å². The molecule has 0 bridgehead atoms. The van der Waals surface area contributed by atoms with Crippen LogP contribution >= 0.6 is 11.8 Å². The molecule has 0 saturated heterocycles. The quantitative estimate of drug-likeness (QED) is 0.580. The van der Waals surface area contributed by atoms with E-state index in [2.05, 4.69) is 0 Å². The van der Waals surface area contributed by atoms with Crippen molar-refractivity contribution in [2.24, 2.45) is 0 Å². The molecule has 1 rings (SSSR count). The highest BCUT2D eigenvalue weighted by Gasteiger charge is 2.08. The summed E-state index contributed by atoms with van der Waals surface area (Å²) in [6, 6.07) is 8.42. The Labute approximate surface area is 110 Å². The molecule has 0 aliphatic rings. The number of benzene rings is 1. The number of Topliss-reactive ketones (excluding diaryl/α,β-unsaturated/α-hetero) is 1. The van der Waals surface area contributed by atoms with Crippen LogP contribution in [0.15, 0.2) is 24.3 Å². The van der Waals surface area contributed by atoms with E-state index >= 15 is 0 Å². The van der Waals surface area contributed by atoms with Crippen LogP contribution in [0.2, 0.25) is 0 Å². The standard InChI is InChI=1S/C13H13NO3S/c1-2-17-13(16)9-18-8-12(15)11-5-3-10(7-14)4-6-11/h3-6H,2,8-9H2,1H3. The van der Waals surface area contributed by atoms with Crippen LogP contribution in [0.5, 0.6) is 0 Å². The van der Waals surface area contributed by atoms with Gasteiger partial charge < -0.3 is 4.74 Å². The van der Waals surface area contributed by atoms with Crippen LogP contribution in [-0.2, 0) is 9.53 Å². The predicted molar refractivity (Wildman–Crippen MR) is 69.4 cm³/mol. The van der Waals surface area contributed by atoms with E-state index in [1.54, 1.807) is 31.2 Å². The maximum atomic E-state index is 11.7. The largest absolute Gasteiger partial charge is 0.465 e. The van der Waals surface area contributed by atoms with Crippen LogP contribution < -0.4 is 0 Å². The van der Waals surface area contributed by atoms with Gasteiger partial charge in [-0.05, 0) is 19.1 Å².